The molecule has 1 rings (SSSR count). The third kappa shape index (κ3) is 3.04. The van der Waals surface area contributed by atoms with E-state index in [0.717, 1.165) is 18.6 Å². The van der Waals surface area contributed by atoms with Crippen LogP contribution in [0.2, 0.25) is 0 Å². The molecule has 4 nitrogen and oxygen atoms in total. The summed E-state index contributed by atoms with van der Waals surface area (Å²) >= 11 is 0. The molecule has 0 fully saturated rings. The van der Waals surface area contributed by atoms with E-state index in [1.165, 1.54) is 6.08 Å². The van der Waals surface area contributed by atoms with Gasteiger partial charge in [-0.15, -0.1) is 6.58 Å². The van der Waals surface area contributed by atoms with Crippen LogP contribution in [0, 0.1) is 0 Å². The van der Waals surface area contributed by atoms with E-state index in [-0.39, 0.29) is 22.0 Å². The zero-order chi connectivity index (χ0) is 13.8. The van der Waals surface area contributed by atoms with E-state index in [1.54, 1.807) is 0 Å². The van der Waals surface area contributed by atoms with Crippen molar-refractivity contribution in [1.29, 1.82) is 0 Å². The second kappa shape index (κ2) is 5.91. The molecule has 0 aromatic carbocycles. The summed E-state index contributed by atoms with van der Waals surface area (Å²) in [6, 6.07) is 0. The van der Waals surface area contributed by atoms with Gasteiger partial charge in [0.1, 0.15) is 4.91 Å². The molecule has 1 aliphatic rings. The van der Waals surface area contributed by atoms with Gasteiger partial charge in [0, 0.05) is 5.57 Å². The van der Waals surface area contributed by atoms with Crippen molar-refractivity contribution < 1.29 is 18.0 Å². The highest BCUT2D eigenvalue weighted by atomic mass is 32.2. The summed E-state index contributed by atoms with van der Waals surface area (Å²) in [5, 5.41) is 0. The summed E-state index contributed by atoms with van der Waals surface area (Å²) in [5.74, 6) is -1.32. The first-order valence-electron chi connectivity index (χ1n) is 5.77. The van der Waals surface area contributed by atoms with Crippen LogP contribution in [-0.2, 0) is 19.4 Å². The fourth-order valence-corrected chi connectivity index (χ4v) is 3.19. The molecule has 18 heavy (non-hydrogen) atoms. The van der Waals surface area contributed by atoms with E-state index in [4.69, 9.17) is 0 Å². The summed E-state index contributed by atoms with van der Waals surface area (Å²) in [7, 11) is -3.76. The van der Waals surface area contributed by atoms with Crippen molar-refractivity contribution in [1.82, 2.24) is 0 Å². The molecule has 0 saturated carbocycles. The first-order valence-corrected chi connectivity index (χ1v) is 7.42. The SMILES string of the molecule is C=CCS(=O)(=O)C1=C(CCCC)C(=O)C=CC1=O. The lowest BCUT2D eigenvalue weighted by atomic mass is 9.98. The molecule has 0 N–H and O–H groups in total. The Morgan fingerprint density at radius 3 is 2.39 bits per heavy atom. The van der Waals surface area contributed by atoms with Crippen LogP contribution in [-0.4, -0.2) is 25.7 Å². The van der Waals surface area contributed by atoms with Gasteiger partial charge in [0.25, 0.3) is 0 Å². The van der Waals surface area contributed by atoms with Crippen molar-refractivity contribution in [2.75, 3.05) is 5.75 Å². The Labute approximate surface area is 107 Å². The van der Waals surface area contributed by atoms with E-state index in [9.17, 15) is 18.0 Å². The van der Waals surface area contributed by atoms with Crippen LogP contribution < -0.4 is 0 Å². The van der Waals surface area contributed by atoms with E-state index >= 15 is 0 Å². The molecule has 0 atom stereocenters. The van der Waals surface area contributed by atoms with E-state index in [2.05, 4.69) is 6.58 Å². The molecule has 98 valence electrons. The number of carbonyl (C=O) groups is 2. The van der Waals surface area contributed by atoms with Crippen molar-refractivity contribution in [2.24, 2.45) is 0 Å². The number of allylic oxidation sites excluding steroid dienone is 4. The van der Waals surface area contributed by atoms with Crippen LogP contribution in [0.3, 0.4) is 0 Å². The van der Waals surface area contributed by atoms with Gasteiger partial charge in [-0.3, -0.25) is 9.59 Å². The summed E-state index contributed by atoms with van der Waals surface area (Å²) in [5.41, 5.74) is 0.117. The van der Waals surface area contributed by atoms with Crippen LogP contribution in [0.5, 0.6) is 0 Å². The fraction of sp³-hybridized carbons (Fsp3) is 0.385. The number of hydrogen-bond acceptors (Lipinski definition) is 4. The predicted octanol–water partition coefficient (Wildman–Crippen LogP) is 1.74. The molecule has 0 amide bonds. The zero-order valence-corrected chi connectivity index (χ0v) is 11.1. The van der Waals surface area contributed by atoms with Gasteiger partial charge in [-0.25, -0.2) is 8.42 Å². The minimum absolute atomic E-state index is 0.117. The standard InChI is InChI=1S/C13H16O4S/c1-3-5-6-10-11(14)7-8-12(15)13(10)18(16,17)9-4-2/h4,7-8H,2-3,5-6,9H2,1H3. The molecule has 1 aliphatic carbocycles. The lowest BCUT2D eigenvalue weighted by Crippen LogP contribution is -2.22. The number of carbonyl (C=O) groups excluding carboxylic acids is 2. The highest BCUT2D eigenvalue weighted by molar-refractivity contribution is 7.96. The second-order valence-electron chi connectivity index (χ2n) is 4.04. The fourth-order valence-electron chi connectivity index (χ4n) is 1.76. The van der Waals surface area contributed by atoms with Gasteiger partial charge in [-0.2, -0.15) is 0 Å². The largest absolute Gasteiger partial charge is 0.290 e. The van der Waals surface area contributed by atoms with Gasteiger partial charge in [0.05, 0.1) is 5.75 Å². The maximum atomic E-state index is 12.0. The number of ketones is 2. The second-order valence-corrected chi connectivity index (χ2v) is 6.01. The quantitative estimate of drug-likeness (QED) is 0.543. The normalized spacial score (nSPS) is 16.3. The summed E-state index contributed by atoms with van der Waals surface area (Å²) in [6.45, 7) is 5.29. The molecule has 0 aromatic rings. The Hall–Kier alpha value is -1.49. The van der Waals surface area contributed by atoms with Gasteiger partial charge >= 0.3 is 0 Å². The molecule has 5 heteroatoms. The Kier molecular flexibility index (Phi) is 4.78. The first kappa shape index (κ1) is 14.6. The van der Waals surface area contributed by atoms with Crippen LogP contribution in [0.25, 0.3) is 0 Å². The zero-order valence-electron chi connectivity index (χ0n) is 10.3. The topological polar surface area (TPSA) is 68.3 Å². The van der Waals surface area contributed by atoms with Crippen molar-refractivity contribution in [3.63, 3.8) is 0 Å². The lowest BCUT2D eigenvalue weighted by Gasteiger charge is -2.14. The monoisotopic (exact) mass is 268 g/mol. The highest BCUT2D eigenvalue weighted by Gasteiger charge is 2.31. The lowest BCUT2D eigenvalue weighted by molar-refractivity contribution is -0.114. The average molecular weight is 268 g/mol. The number of hydrogen-bond donors (Lipinski definition) is 0. The molecular formula is C13H16O4S. The molecule has 0 heterocycles. The molecule has 0 unspecified atom stereocenters. The Bertz CT molecular complexity index is 535. The Morgan fingerprint density at radius 2 is 1.83 bits per heavy atom. The average Bonchev–Trinajstić information content (AvgIpc) is 2.29. The molecule has 0 radical (unpaired) electrons. The molecule has 0 saturated heterocycles. The molecule has 0 bridgehead atoms. The Balaban J connectivity index is 3.31. The Morgan fingerprint density at radius 1 is 1.22 bits per heavy atom. The number of rotatable bonds is 6. The van der Waals surface area contributed by atoms with Crippen LogP contribution in [0.15, 0.2) is 35.3 Å². The van der Waals surface area contributed by atoms with Crippen molar-refractivity contribution in [3.05, 3.63) is 35.3 Å². The first-order chi connectivity index (χ1) is 8.44. The van der Waals surface area contributed by atoms with E-state index in [0.29, 0.717) is 12.8 Å². The minimum atomic E-state index is -3.76. The molecular weight excluding hydrogens is 252 g/mol. The van der Waals surface area contributed by atoms with Crippen molar-refractivity contribution in [3.8, 4) is 0 Å². The molecule has 0 spiro atoms. The third-order valence-electron chi connectivity index (χ3n) is 2.61. The van der Waals surface area contributed by atoms with E-state index in [1.807, 2.05) is 6.92 Å². The smallest absolute Gasteiger partial charge is 0.197 e. The number of unbranched alkanes of at least 4 members (excludes halogenated alkanes) is 1. The summed E-state index contributed by atoms with van der Waals surface area (Å²) < 4.78 is 24.0. The van der Waals surface area contributed by atoms with Crippen LogP contribution in [0.4, 0.5) is 0 Å². The van der Waals surface area contributed by atoms with Gasteiger partial charge in [-0.1, -0.05) is 19.4 Å². The maximum absolute atomic E-state index is 12.0. The van der Waals surface area contributed by atoms with Gasteiger partial charge < -0.3 is 0 Å². The third-order valence-corrected chi connectivity index (χ3v) is 4.35. The predicted molar refractivity (Wildman–Crippen MR) is 69.7 cm³/mol. The van der Waals surface area contributed by atoms with Crippen molar-refractivity contribution >= 4 is 21.4 Å². The van der Waals surface area contributed by atoms with Gasteiger partial charge in [-0.05, 0) is 25.0 Å². The summed E-state index contributed by atoms with van der Waals surface area (Å²) in [6.07, 6.45) is 5.19. The van der Waals surface area contributed by atoms with Gasteiger partial charge in [0.2, 0.25) is 0 Å². The van der Waals surface area contributed by atoms with Gasteiger partial charge in [0.15, 0.2) is 21.4 Å². The summed E-state index contributed by atoms with van der Waals surface area (Å²) in [4.78, 5) is 23.1. The van der Waals surface area contributed by atoms with Crippen LogP contribution >= 0.6 is 0 Å². The minimum Gasteiger partial charge on any atom is -0.290 e. The van der Waals surface area contributed by atoms with E-state index < -0.39 is 15.6 Å². The molecule has 0 aromatic heterocycles. The van der Waals surface area contributed by atoms with Crippen molar-refractivity contribution in [2.45, 2.75) is 26.2 Å². The molecule has 0 aliphatic heterocycles. The number of sulfone groups is 1. The highest BCUT2D eigenvalue weighted by Crippen LogP contribution is 2.24. The maximum Gasteiger partial charge on any atom is 0.197 e. The van der Waals surface area contributed by atoms with Crippen LogP contribution in [0.1, 0.15) is 26.2 Å².